The molecule has 2 heterocycles. The van der Waals surface area contributed by atoms with Crippen molar-refractivity contribution in [3.05, 3.63) is 35.4 Å². The molecule has 0 bridgehead atoms. The highest BCUT2D eigenvalue weighted by molar-refractivity contribution is 5.74. The van der Waals surface area contributed by atoms with Crippen LogP contribution in [0.3, 0.4) is 0 Å². The zero-order chi connectivity index (χ0) is 20.0. The number of nitrogens with one attached hydrogen (secondary N) is 1. The molecule has 1 N–H and O–H groups in total. The first-order valence-corrected chi connectivity index (χ1v) is 10.8. The number of carbonyl (C=O) groups excluding carboxylic acids is 1. The third kappa shape index (κ3) is 5.95. The van der Waals surface area contributed by atoms with Crippen LogP contribution in [0.4, 0.5) is 4.79 Å². The van der Waals surface area contributed by atoms with Crippen LogP contribution in [0.25, 0.3) is 0 Å². The average molecular weight is 389 g/mol. The predicted molar refractivity (Wildman–Crippen MR) is 112 cm³/mol. The van der Waals surface area contributed by atoms with E-state index >= 15 is 0 Å². The quantitative estimate of drug-likeness (QED) is 0.800. The molecule has 1 aromatic rings. The molecule has 0 spiro atoms. The van der Waals surface area contributed by atoms with Gasteiger partial charge in [-0.05, 0) is 44.6 Å². The van der Waals surface area contributed by atoms with Gasteiger partial charge in [0.1, 0.15) is 0 Å². The van der Waals surface area contributed by atoms with E-state index in [1.807, 2.05) is 4.90 Å². The molecule has 0 radical (unpaired) electrons. The third-order valence-corrected chi connectivity index (χ3v) is 6.04. The molecular formula is C23H36N2O3. The van der Waals surface area contributed by atoms with Gasteiger partial charge in [0, 0.05) is 31.7 Å². The van der Waals surface area contributed by atoms with Gasteiger partial charge in [0.2, 0.25) is 0 Å². The standard InChI is InChI=1S/C23H36N2O3/c1-18-7-9-19(10-8-18)23(2,3)17-24-22(26)25-13-11-20(12-14-25)28-16-21-6-4-5-15-27-21/h7-10,20-21H,4-6,11-17H2,1-3H3,(H,24,26). The number of benzene rings is 1. The van der Waals surface area contributed by atoms with Gasteiger partial charge < -0.3 is 19.7 Å². The number of rotatable bonds is 6. The third-order valence-electron chi connectivity index (χ3n) is 6.04. The Balaban J connectivity index is 1.38. The van der Waals surface area contributed by atoms with Crippen LogP contribution in [0.5, 0.6) is 0 Å². The molecule has 5 heteroatoms. The van der Waals surface area contributed by atoms with Gasteiger partial charge in [0.15, 0.2) is 0 Å². The second kappa shape index (κ2) is 9.75. The van der Waals surface area contributed by atoms with Crippen LogP contribution < -0.4 is 5.32 Å². The number of ether oxygens (including phenoxy) is 2. The van der Waals surface area contributed by atoms with Gasteiger partial charge in [-0.15, -0.1) is 0 Å². The highest BCUT2D eigenvalue weighted by Crippen LogP contribution is 2.23. The second-order valence-corrected chi connectivity index (χ2v) is 8.92. The van der Waals surface area contributed by atoms with Crippen molar-refractivity contribution >= 4 is 6.03 Å². The Labute approximate surface area is 169 Å². The van der Waals surface area contributed by atoms with E-state index in [2.05, 4.69) is 50.4 Å². The number of urea groups is 1. The van der Waals surface area contributed by atoms with E-state index in [4.69, 9.17) is 9.47 Å². The van der Waals surface area contributed by atoms with Gasteiger partial charge in [-0.2, -0.15) is 0 Å². The average Bonchev–Trinajstić information content (AvgIpc) is 2.72. The van der Waals surface area contributed by atoms with Crippen LogP contribution in [0.2, 0.25) is 0 Å². The van der Waals surface area contributed by atoms with Crippen LogP contribution in [-0.4, -0.2) is 56.0 Å². The lowest BCUT2D eigenvalue weighted by Gasteiger charge is -2.34. The molecule has 0 aromatic heterocycles. The smallest absolute Gasteiger partial charge is 0.317 e. The van der Waals surface area contributed by atoms with Gasteiger partial charge in [-0.3, -0.25) is 0 Å². The van der Waals surface area contributed by atoms with Crippen molar-refractivity contribution in [2.24, 2.45) is 0 Å². The van der Waals surface area contributed by atoms with Crippen LogP contribution in [0, 0.1) is 6.92 Å². The number of amides is 2. The highest BCUT2D eigenvalue weighted by Gasteiger charge is 2.27. The zero-order valence-corrected chi connectivity index (χ0v) is 17.7. The predicted octanol–water partition coefficient (Wildman–Crippen LogP) is 4.03. The number of piperidine rings is 1. The zero-order valence-electron chi connectivity index (χ0n) is 17.7. The Bertz CT molecular complexity index is 615. The molecule has 1 atom stereocenters. The van der Waals surface area contributed by atoms with Crippen LogP contribution >= 0.6 is 0 Å². The molecule has 156 valence electrons. The number of hydrogen-bond donors (Lipinski definition) is 1. The van der Waals surface area contributed by atoms with Gasteiger partial charge in [-0.1, -0.05) is 43.7 Å². The Morgan fingerprint density at radius 3 is 2.54 bits per heavy atom. The molecule has 5 nitrogen and oxygen atoms in total. The fourth-order valence-corrected chi connectivity index (χ4v) is 3.92. The summed E-state index contributed by atoms with van der Waals surface area (Å²) in [4.78, 5) is 14.5. The summed E-state index contributed by atoms with van der Waals surface area (Å²) in [5.74, 6) is 0. The van der Waals surface area contributed by atoms with E-state index in [0.29, 0.717) is 13.2 Å². The minimum atomic E-state index is -0.0925. The largest absolute Gasteiger partial charge is 0.376 e. The lowest BCUT2D eigenvalue weighted by Crippen LogP contribution is -2.48. The van der Waals surface area contributed by atoms with Gasteiger partial charge in [-0.25, -0.2) is 4.79 Å². The molecule has 1 unspecified atom stereocenters. The fraction of sp³-hybridized carbons (Fsp3) is 0.696. The summed E-state index contributed by atoms with van der Waals surface area (Å²) in [5.41, 5.74) is 2.41. The highest BCUT2D eigenvalue weighted by atomic mass is 16.5. The first-order valence-electron chi connectivity index (χ1n) is 10.8. The number of aryl methyl sites for hydroxylation is 1. The molecule has 0 aliphatic carbocycles. The van der Waals surface area contributed by atoms with E-state index < -0.39 is 0 Å². The van der Waals surface area contributed by atoms with Gasteiger partial charge in [0.25, 0.3) is 0 Å². The molecule has 28 heavy (non-hydrogen) atoms. The molecular weight excluding hydrogens is 352 g/mol. The summed E-state index contributed by atoms with van der Waals surface area (Å²) in [6.07, 6.45) is 5.84. The molecule has 2 fully saturated rings. The van der Waals surface area contributed by atoms with Gasteiger partial charge in [0.05, 0.1) is 18.8 Å². The Morgan fingerprint density at radius 2 is 1.89 bits per heavy atom. The van der Waals surface area contributed by atoms with E-state index in [9.17, 15) is 4.79 Å². The summed E-state index contributed by atoms with van der Waals surface area (Å²) >= 11 is 0. The maximum Gasteiger partial charge on any atom is 0.317 e. The maximum absolute atomic E-state index is 12.6. The SMILES string of the molecule is Cc1ccc(C(C)(C)CNC(=O)N2CCC(OCC3CCCCO3)CC2)cc1. The van der Waals surface area contributed by atoms with Crippen molar-refractivity contribution in [1.82, 2.24) is 10.2 Å². The van der Waals surface area contributed by atoms with Crippen molar-refractivity contribution in [1.29, 1.82) is 0 Å². The van der Waals surface area contributed by atoms with Crippen LogP contribution in [-0.2, 0) is 14.9 Å². The topological polar surface area (TPSA) is 50.8 Å². The second-order valence-electron chi connectivity index (χ2n) is 8.92. The monoisotopic (exact) mass is 388 g/mol. The van der Waals surface area contributed by atoms with Crippen molar-refractivity contribution in [3.8, 4) is 0 Å². The summed E-state index contributed by atoms with van der Waals surface area (Å²) < 4.78 is 11.8. The minimum absolute atomic E-state index is 0.0363. The molecule has 3 rings (SSSR count). The number of likely N-dealkylation sites (tertiary alicyclic amines) is 1. The van der Waals surface area contributed by atoms with Crippen molar-refractivity contribution in [3.63, 3.8) is 0 Å². The Hall–Kier alpha value is -1.59. The minimum Gasteiger partial charge on any atom is -0.376 e. The molecule has 1 aromatic carbocycles. The number of carbonyl (C=O) groups is 1. The van der Waals surface area contributed by atoms with Gasteiger partial charge >= 0.3 is 6.03 Å². The van der Waals surface area contributed by atoms with E-state index in [1.165, 1.54) is 24.0 Å². The Kier molecular flexibility index (Phi) is 7.36. The summed E-state index contributed by atoms with van der Waals surface area (Å²) in [5, 5.41) is 3.13. The molecule has 2 aliphatic rings. The van der Waals surface area contributed by atoms with E-state index in [0.717, 1.165) is 39.0 Å². The fourth-order valence-electron chi connectivity index (χ4n) is 3.92. The first-order chi connectivity index (χ1) is 13.4. The first kappa shape index (κ1) is 21.1. The molecule has 0 saturated carbocycles. The lowest BCUT2D eigenvalue weighted by molar-refractivity contribution is -0.0728. The molecule has 2 amide bonds. The number of hydrogen-bond acceptors (Lipinski definition) is 3. The molecule has 2 aliphatic heterocycles. The van der Waals surface area contributed by atoms with Crippen molar-refractivity contribution < 1.29 is 14.3 Å². The maximum atomic E-state index is 12.6. The molecule has 2 saturated heterocycles. The van der Waals surface area contributed by atoms with Crippen molar-refractivity contribution in [2.75, 3.05) is 32.8 Å². The summed E-state index contributed by atoms with van der Waals surface area (Å²) in [6, 6.07) is 8.60. The lowest BCUT2D eigenvalue weighted by atomic mass is 9.84. The summed E-state index contributed by atoms with van der Waals surface area (Å²) in [6.45, 7) is 10.1. The normalized spacial score (nSPS) is 21.5. The van der Waals surface area contributed by atoms with E-state index in [-0.39, 0.29) is 23.7 Å². The summed E-state index contributed by atoms with van der Waals surface area (Å²) in [7, 11) is 0. The van der Waals surface area contributed by atoms with Crippen molar-refractivity contribution in [2.45, 2.75) is 70.5 Å². The van der Waals surface area contributed by atoms with E-state index in [1.54, 1.807) is 0 Å². The van der Waals surface area contributed by atoms with Crippen LogP contribution in [0.15, 0.2) is 24.3 Å². The number of nitrogens with zero attached hydrogens (tertiary/aromatic N) is 1. The Morgan fingerprint density at radius 1 is 1.18 bits per heavy atom. The van der Waals surface area contributed by atoms with Crippen LogP contribution in [0.1, 0.15) is 57.1 Å².